The quantitative estimate of drug-likeness (QED) is 0.656. The monoisotopic (exact) mass is 402 g/mol. The first-order chi connectivity index (χ1) is 13.4. The molecule has 1 aromatic carbocycles. The highest BCUT2D eigenvalue weighted by Gasteiger charge is 2.30. The number of benzene rings is 1. The van der Waals surface area contributed by atoms with E-state index in [1.807, 2.05) is 0 Å². The lowest BCUT2D eigenvalue weighted by atomic mass is 9.88. The lowest BCUT2D eigenvalue weighted by molar-refractivity contribution is -0.138. The maximum atomic E-state index is 14.6. The predicted molar refractivity (Wildman–Crippen MR) is 102 cm³/mol. The molecule has 0 saturated heterocycles. The number of hydrogen-bond acceptors (Lipinski definition) is 4. The number of aliphatic carboxylic acids is 1. The molecule has 2 N–H and O–H groups in total. The number of nitrogens with one attached hydrogen (secondary N) is 1. The van der Waals surface area contributed by atoms with Gasteiger partial charge in [-0.15, -0.1) is 0 Å². The van der Waals surface area contributed by atoms with Crippen LogP contribution < -0.4 is 10.3 Å². The molecule has 0 spiro atoms. The number of carbonyl (C=O) groups is 1. The summed E-state index contributed by atoms with van der Waals surface area (Å²) < 4.78 is 19.9. The summed E-state index contributed by atoms with van der Waals surface area (Å²) in [5.74, 6) is -3.05. The summed E-state index contributed by atoms with van der Waals surface area (Å²) in [6.45, 7) is 0. The lowest BCUT2D eigenvalue weighted by Crippen LogP contribution is -2.25. The molecule has 0 saturated carbocycles. The highest BCUT2D eigenvalue weighted by molar-refractivity contribution is 6.30. The van der Waals surface area contributed by atoms with Gasteiger partial charge in [0.05, 0.1) is 13.0 Å². The normalized spacial score (nSPS) is 11.8. The molecule has 144 valence electrons. The van der Waals surface area contributed by atoms with Gasteiger partial charge in [0, 0.05) is 46.2 Å². The number of pyridine rings is 2. The van der Waals surface area contributed by atoms with E-state index in [1.54, 1.807) is 18.2 Å². The van der Waals surface area contributed by atoms with Crippen LogP contribution in [-0.4, -0.2) is 28.2 Å². The number of H-pyrrole nitrogens is 1. The smallest absolute Gasteiger partial charge is 0.311 e. The molecule has 2 heterocycles. The molecule has 6 nitrogen and oxygen atoms in total. The van der Waals surface area contributed by atoms with E-state index in [-0.39, 0.29) is 33.9 Å². The molecule has 0 fully saturated rings. The number of carboxylic acids is 1. The number of aromatic nitrogens is 2. The van der Waals surface area contributed by atoms with Crippen molar-refractivity contribution in [2.45, 2.75) is 12.3 Å². The van der Waals surface area contributed by atoms with Gasteiger partial charge in [-0.05, 0) is 30.3 Å². The van der Waals surface area contributed by atoms with Crippen molar-refractivity contribution in [3.8, 4) is 16.9 Å². The highest BCUT2D eigenvalue weighted by Crippen LogP contribution is 2.38. The van der Waals surface area contributed by atoms with E-state index >= 15 is 0 Å². The Kier molecular flexibility index (Phi) is 5.75. The average Bonchev–Trinajstić information content (AvgIpc) is 2.69. The predicted octanol–water partition coefficient (Wildman–Crippen LogP) is 3.65. The molecule has 3 aromatic rings. The Morgan fingerprint density at radius 1 is 1.36 bits per heavy atom. The topological polar surface area (TPSA) is 92.3 Å². The third-order valence-corrected chi connectivity index (χ3v) is 4.53. The summed E-state index contributed by atoms with van der Waals surface area (Å²) in [5, 5.41) is 10.1. The Bertz CT molecular complexity index is 1070. The maximum Gasteiger partial charge on any atom is 0.311 e. The molecule has 0 radical (unpaired) electrons. The minimum Gasteiger partial charge on any atom is -0.495 e. The van der Waals surface area contributed by atoms with E-state index in [1.165, 1.54) is 31.6 Å². The highest BCUT2D eigenvalue weighted by atomic mass is 35.5. The van der Waals surface area contributed by atoms with E-state index in [4.69, 9.17) is 16.3 Å². The largest absolute Gasteiger partial charge is 0.495 e. The van der Waals surface area contributed by atoms with Gasteiger partial charge in [0.25, 0.3) is 5.56 Å². The van der Waals surface area contributed by atoms with Gasteiger partial charge in [0.15, 0.2) is 0 Å². The Morgan fingerprint density at radius 2 is 2.14 bits per heavy atom. The van der Waals surface area contributed by atoms with Crippen LogP contribution in [0.15, 0.2) is 53.6 Å². The lowest BCUT2D eigenvalue weighted by Gasteiger charge is -2.19. The fraction of sp³-hybridized carbons (Fsp3) is 0.150. The summed E-state index contributed by atoms with van der Waals surface area (Å²) in [6.07, 6.45) is 2.74. The van der Waals surface area contributed by atoms with Gasteiger partial charge < -0.3 is 14.8 Å². The number of carboxylic acid groups (broad SMARTS) is 1. The number of halogens is 2. The number of hydrogen-bond donors (Lipinski definition) is 2. The van der Waals surface area contributed by atoms with Gasteiger partial charge in [-0.3, -0.25) is 14.6 Å². The number of methoxy groups -OCH3 is 1. The van der Waals surface area contributed by atoms with Gasteiger partial charge in [-0.2, -0.15) is 0 Å². The Hall–Kier alpha value is -3.19. The zero-order valence-electron chi connectivity index (χ0n) is 14.8. The minimum atomic E-state index is -1.28. The first-order valence-electron chi connectivity index (χ1n) is 8.30. The van der Waals surface area contributed by atoms with Crippen molar-refractivity contribution in [3.05, 3.63) is 81.2 Å². The van der Waals surface area contributed by atoms with Gasteiger partial charge in [-0.1, -0.05) is 17.7 Å². The van der Waals surface area contributed by atoms with E-state index in [0.717, 1.165) is 6.07 Å². The van der Waals surface area contributed by atoms with Gasteiger partial charge in [0.2, 0.25) is 0 Å². The van der Waals surface area contributed by atoms with Crippen molar-refractivity contribution in [2.75, 3.05) is 7.11 Å². The van der Waals surface area contributed by atoms with Crippen LogP contribution in [0.1, 0.15) is 17.2 Å². The first-order valence-corrected chi connectivity index (χ1v) is 8.68. The second-order valence-corrected chi connectivity index (χ2v) is 6.45. The van der Waals surface area contributed by atoms with Gasteiger partial charge in [-0.25, -0.2) is 4.39 Å². The Balaban J connectivity index is 2.28. The molecule has 3 rings (SSSR count). The van der Waals surface area contributed by atoms with Crippen LogP contribution in [0.5, 0.6) is 5.75 Å². The molecule has 0 bridgehead atoms. The molecule has 2 aromatic heterocycles. The van der Waals surface area contributed by atoms with Crippen molar-refractivity contribution in [3.63, 3.8) is 0 Å². The van der Waals surface area contributed by atoms with Crippen molar-refractivity contribution >= 4 is 17.6 Å². The van der Waals surface area contributed by atoms with E-state index in [0.29, 0.717) is 5.69 Å². The van der Waals surface area contributed by atoms with E-state index in [9.17, 15) is 19.1 Å². The number of aromatic amines is 1. The minimum absolute atomic E-state index is 0.0160. The fourth-order valence-electron chi connectivity index (χ4n) is 3.03. The summed E-state index contributed by atoms with van der Waals surface area (Å²) >= 11 is 6.01. The van der Waals surface area contributed by atoms with Crippen molar-refractivity contribution in [1.82, 2.24) is 9.97 Å². The average molecular weight is 403 g/mol. The van der Waals surface area contributed by atoms with Crippen LogP contribution in [0.3, 0.4) is 0 Å². The number of nitrogens with zero attached hydrogens (tertiary/aromatic N) is 1. The van der Waals surface area contributed by atoms with Crippen LogP contribution in [0.4, 0.5) is 4.39 Å². The molecular formula is C20H16ClFN2O4. The molecule has 28 heavy (non-hydrogen) atoms. The maximum absolute atomic E-state index is 14.6. The second kappa shape index (κ2) is 8.22. The molecule has 1 atom stereocenters. The number of rotatable bonds is 6. The van der Waals surface area contributed by atoms with Crippen molar-refractivity contribution < 1.29 is 19.0 Å². The zero-order chi connectivity index (χ0) is 20.3. The molecular weight excluding hydrogens is 387 g/mol. The van der Waals surface area contributed by atoms with Crippen molar-refractivity contribution in [2.24, 2.45) is 0 Å². The van der Waals surface area contributed by atoms with Crippen molar-refractivity contribution in [1.29, 1.82) is 0 Å². The summed E-state index contributed by atoms with van der Waals surface area (Å²) in [5.41, 5.74) is -0.265. The second-order valence-electron chi connectivity index (χ2n) is 6.02. The molecule has 0 aliphatic heterocycles. The number of ether oxygens (including phenoxy) is 1. The molecule has 1 unspecified atom stereocenters. The molecule has 0 amide bonds. The molecule has 0 aliphatic carbocycles. The van der Waals surface area contributed by atoms with Crippen LogP contribution >= 0.6 is 11.6 Å². The standard InChI is InChI=1S/C20H16ClFN2O4/c1-28-16-10-24-19(25)18(17(16)13-8-11(21)5-6-15(13)22)14(20(26)27)9-12-4-2-3-7-23-12/h2-8,10,14H,9H2,1H3,(H,24,25)(H,26,27). The molecule has 8 heteroatoms. The Morgan fingerprint density at radius 3 is 2.79 bits per heavy atom. The fourth-order valence-corrected chi connectivity index (χ4v) is 3.20. The summed E-state index contributed by atoms with van der Waals surface area (Å²) in [6, 6.07) is 8.92. The van der Waals surface area contributed by atoms with Gasteiger partial charge >= 0.3 is 5.97 Å². The third kappa shape index (κ3) is 3.89. The van der Waals surface area contributed by atoms with E-state index < -0.39 is 23.3 Å². The summed E-state index contributed by atoms with van der Waals surface area (Å²) in [4.78, 5) is 31.3. The third-order valence-electron chi connectivity index (χ3n) is 4.30. The van der Waals surface area contributed by atoms with Crippen LogP contribution in [0.2, 0.25) is 5.02 Å². The van der Waals surface area contributed by atoms with Crippen LogP contribution in [0.25, 0.3) is 11.1 Å². The van der Waals surface area contributed by atoms with Gasteiger partial charge in [0.1, 0.15) is 11.6 Å². The zero-order valence-corrected chi connectivity index (χ0v) is 15.5. The van der Waals surface area contributed by atoms with E-state index in [2.05, 4.69) is 9.97 Å². The summed E-state index contributed by atoms with van der Waals surface area (Å²) in [7, 11) is 1.35. The Labute approximate surface area is 164 Å². The molecule has 0 aliphatic rings. The van der Waals surface area contributed by atoms with Crippen LogP contribution in [0, 0.1) is 5.82 Å². The SMILES string of the molecule is COc1c[nH]c(=O)c(C(Cc2ccccn2)C(=O)O)c1-c1cc(Cl)ccc1F. The van der Waals surface area contributed by atoms with Crippen LogP contribution in [-0.2, 0) is 11.2 Å². The first kappa shape index (κ1) is 19.6.